The number of benzene rings is 1. The van der Waals surface area contributed by atoms with Crippen molar-refractivity contribution in [1.82, 2.24) is 4.98 Å². The maximum absolute atomic E-state index is 11.3. The molecule has 1 aromatic heterocycles. The van der Waals surface area contributed by atoms with Crippen LogP contribution >= 0.6 is 0 Å². The van der Waals surface area contributed by atoms with E-state index in [0.29, 0.717) is 5.92 Å². The molecule has 3 unspecified atom stereocenters. The molecule has 0 saturated heterocycles. The Morgan fingerprint density at radius 2 is 1.90 bits per heavy atom. The van der Waals surface area contributed by atoms with Crippen molar-refractivity contribution in [3.8, 4) is 0 Å². The van der Waals surface area contributed by atoms with E-state index in [0.717, 1.165) is 31.6 Å². The molecule has 2 saturated carbocycles. The standard InChI is InChI=1S/C28H39NO/c1-18(2)9-8-15-26(3)23-13-12-19-17-21-20-10-6-7-11-22(20)29-25(21)28(19,5)27(23,4)16-14-24(26)30/h6-7,9-11,19,23-24,29-30H,8,12-17H2,1-5H3/t19?,23?,24?,26-,27-,28+/m0/s1. The number of aromatic nitrogens is 1. The molecule has 5 rings (SSSR count). The summed E-state index contributed by atoms with van der Waals surface area (Å²) in [4.78, 5) is 3.90. The monoisotopic (exact) mass is 405 g/mol. The van der Waals surface area contributed by atoms with Crippen LogP contribution in [0.25, 0.3) is 10.9 Å². The van der Waals surface area contributed by atoms with Crippen molar-refractivity contribution in [1.29, 1.82) is 0 Å². The Bertz CT molecular complexity index is 997. The maximum atomic E-state index is 11.3. The Hall–Kier alpha value is -1.54. The number of rotatable bonds is 3. The van der Waals surface area contributed by atoms with Gasteiger partial charge in [0.15, 0.2) is 0 Å². The fourth-order valence-electron chi connectivity index (χ4n) is 8.20. The van der Waals surface area contributed by atoms with E-state index in [1.165, 1.54) is 41.4 Å². The Kier molecular flexibility index (Phi) is 4.57. The van der Waals surface area contributed by atoms with E-state index < -0.39 is 0 Å². The third kappa shape index (κ3) is 2.52. The highest BCUT2D eigenvalue weighted by Crippen LogP contribution is 2.70. The summed E-state index contributed by atoms with van der Waals surface area (Å²) < 4.78 is 0. The van der Waals surface area contributed by atoms with Crippen molar-refractivity contribution in [3.05, 3.63) is 47.2 Å². The minimum Gasteiger partial charge on any atom is -0.393 e. The van der Waals surface area contributed by atoms with Gasteiger partial charge in [-0.25, -0.2) is 0 Å². The van der Waals surface area contributed by atoms with Crippen molar-refractivity contribution in [2.75, 3.05) is 0 Å². The van der Waals surface area contributed by atoms with Crippen molar-refractivity contribution < 1.29 is 5.11 Å². The molecule has 0 bridgehead atoms. The van der Waals surface area contributed by atoms with Crippen molar-refractivity contribution in [2.24, 2.45) is 22.7 Å². The van der Waals surface area contributed by atoms with Crippen LogP contribution < -0.4 is 0 Å². The van der Waals surface area contributed by atoms with Crippen LogP contribution in [0.4, 0.5) is 0 Å². The number of hydrogen-bond donors (Lipinski definition) is 2. The molecule has 1 heterocycles. The zero-order chi connectivity index (χ0) is 21.3. The molecule has 0 aliphatic heterocycles. The van der Waals surface area contributed by atoms with Crippen molar-refractivity contribution in [2.45, 2.75) is 91.1 Å². The van der Waals surface area contributed by atoms with E-state index in [9.17, 15) is 5.11 Å². The predicted molar refractivity (Wildman–Crippen MR) is 126 cm³/mol. The van der Waals surface area contributed by atoms with Crippen LogP contribution in [0.15, 0.2) is 35.9 Å². The Balaban J connectivity index is 1.59. The SMILES string of the molecule is CC(C)=CCC[C@]1(C)C(O)CC[C@@]2(C)C1CCC1Cc3c([nH]c4ccccc34)[C@@]12C. The van der Waals surface area contributed by atoms with Gasteiger partial charge in [-0.3, -0.25) is 0 Å². The fraction of sp³-hybridized carbons (Fsp3) is 0.643. The summed E-state index contributed by atoms with van der Waals surface area (Å²) in [5.74, 6) is 1.29. The molecule has 1 aromatic carbocycles. The Morgan fingerprint density at radius 1 is 1.13 bits per heavy atom. The fourth-order valence-corrected chi connectivity index (χ4v) is 8.20. The third-order valence-corrected chi connectivity index (χ3v) is 10.1. The minimum atomic E-state index is -0.176. The number of nitrogens with one attached hydrogen (secondary N) is 1. The van der Waals surface area contributed by atoms with Crippen LogP contribution in [0.2, 0.25) is 0 Å². The molecule has 3 aliphatic carbocycles. The van der Waals surface area contributed by atoms with Gasteiger partial charge in [0.1, 0.15) is 0 Å². The second kappa shape index (κ2) is 6.73. The topological polar surface area (TPSA) is 36.0 Å². The van der Waals surface area contributed by atoms with Gasteiger partial charge in [0.05, 0.1) is 6.10 Å². The lowest BCUT2D eigenvalue weighted by molar-refractivity contribution is -0.166. The minimum absolute atomic E-state index is 0.00169. The van der Waals surface area contributed by atoms with E-state index in [2.05, 4.69) is 69.9 Å². The maximum Gasteiger partial charge on any atom is 0.0597 e. The number of fused-ring (bicyclic) bond motifs is 7. The number of allylic oxidation sites excluding steroid dienone is 2. The van der Waals surface area contributed by atoms with Gasteiger partial charge in [-0.2, -0.15) is 0 Å². The molecule has 2 heteroatoms. The molecule has 162 valence electrons. The van der Waals surface area contributed by atoms with Crippen molar-refractivity contribution >= 4 is 10.9 Å². The molecule has 3 aliphatic rings. The number of para-hydroxylation sites is 1. The second-order valence-corrected chi connectivity index (χ2v) is 11.6. The van der Waals surface area contributed by atoms with Crippen LogP contribution in [0, 0.1) is 22.7 Å². The molecule has 0 spiro atoms. The lowest BCUT2D eigenvalue weighted by atomic mass is 9.40. The lowest BCUT2D eigenvalue weighted by Crippen LogP contribution is -2.62. The van der Waals surface area contributed by atoms with E-state index >= 15 is 0 Å². The summed E-state index contributed by atoms with van der Waals surface area (Å²) in [5.41, 5.74) is 6.18. The van der Waals surface area contributed by atoms with Gasteiger partial charge >= 0.3 is 0 Å². The van der Waals surface area contributed by atoms with Gasteiger partial charge < -0.3 is 10.1 Å². The summed E-state index contributed by atoms with van der Waals surface area (Å²) in [6.07, 6.45) is 10.2. The highest BCUT2D eigenvalue weighted by atomic mass is 16.3. The van der Waals surface area contributed by atoms with Gasteiger partial charge in [-0.05, 0) is 93.1 Å². The van der Waals surface area contributed by atoms with Gasteiger partial charge in [-0.1, -0.05) is 50.6 Å². The first kappa shape index (κ1) is 20.4. The highest BCUT2D eigenvalue weighted by Gasteiger charge is 2.66. The molecular formula is C28H39NO. The van der Waals surface area contributed by atoms with E-state index in [4.69, 9.17) is 0 Å². The van der Waals surface area contributed by atoms with E-state index in [1.807, 2.05) is 0 Å². The van der Waals surface area contributed by atoms with Crippen molar-refractivity contribution in [3.63, 3.8) is 0 Å². The first-order valence-electron chi connectivity index (χ1n) is 12.1. The molecule has 30 heavy (non-hydrogen) atoms. The lowest BCUT2D eigenvalue weighted by Gasteiger charge is -2.65. The number of aliphatic hydroxyl groups is 1. The van der Waals surface area contributed by atoms with Crippen LogP contribution in [-0.2, 0) is 11.8 Å². The molecule has 0 radical (unpaired) electrons. The zero-order valence-electron chi connectivity index (χ0n) is 19.5. The largest absolute Gasteiger partial charge is 0.393 e. The number of hydrogen-bond acceptors (Lipinski definition) is 1. The summed E-state index contributed by atoms with van der Waals surface area (Å²) in [5, 5.41) is 12.7. The first-order valence-corrected chi connectivity index (χ1v) is 12.1. The number of aliphatic hydroxyl groups excluding tert-OH is 1. The number of aromatic amines is 1. The summed E-state index contributed by atoms with van der Waals surface area (Å²) in [6.45, 7) is 11.9. The highest BCUT2D eigenvalue weighted by molar-refractivity contribution is 5.86. The summed E-state index contributed by atoms with van der Waals surface area (Å²) >= 11 is 0. The normalized spacial score (nSPS) is 40.0. The van der Waals surface area contributed by atoms with E-state index in [-0.39, 0.29) is 22.3 Å². The smallest absolute Gasteiger partial charge is 0.0597 e. The second-order valence-electron chi connectivity index (χ2n) is 11.6. The molecular weight excluding hydrogens is 366 g/mol. The number of H-pyrrole nitrogens is 1. The van der Waals surface area contributed by atoms with Crippen LogP contribution in [0.3, 0.4) is 0 Å². The molecule has 2 nitrogen and oxygen atoms in total. The molecule has 2 N–H and O–H groups in total. The van der Waals surface area contributed by atoms with Gasteiger partial charge in [0.25, 0.3) is 0 Å². The quantitative estimate of drug-likeness (QED) is 0.534. The van der Waals surface area contributed by atoms with Crippen LogP contribution in [-0.4, -0.2) is 16.2 Å². The summed E-state index contributed by atoms with van der Waals surface area (Å²) in [7, 11) is 0. The van der Waals surface area contributed by atoms with Gasteiger partial charge in [-0.15, -0.1) is 0 Å². The Labute approximate surface area is 182 Å². The molecule has 0 amide bonds. The average molecular weight is 406 g/mol. The van der Waals surface area contributed by atoms with Gasteiger partial charge in [0.2, 0.25) is 0 Å². The molecule has 2 aromatic rings. The van der Waals surface area contributed by atoms with Crippen LogP contribution in [0.5, 0.6) is 0 Å². The predicted octanol–water partition coefficient (Wildman–Crippen LogP) is 6.92. The molecule has 2 fully saturated rings. The Morgan fingerprint density at radius 3 is 2.67 bits per heavy atom. The summed E-state index contributed by atoms with van der Waals surface area (Å²) in [6, 6.07) is 8.88. The average Bonchev–Trinajstić information content (AvgIpc) is 3.21. The third-order valence-electron chi connectivity index (χ3n) is 10.1. The zero-order valence-corrected chi connectivity index (χ0v) is 19.5. The van der Waals surface area contributed by atoms with E-state index in [1.54, 1.807) is 5.56 Å². The molecule has 6 atom stereocenters. The van der Waals surface area contributed by atoms with Gasteiger partial charge in [0, 0.05) is 22.0 Å². The van der Waals surface area contributed by atoms with Crippen LogP contribution in [0.1, 0.15) is 84.4 Å². The first-order chi connectivity index (χ1) is 14.2.